The van der Waals surface area contributed by atoms with E-state index in [9.17, 15) is 4.79 Å². The molecule has 0 bridgehead atoms. The number of nitrogens with zero attached hydrogens (tertiary/aromatic N) is 3. The second kappa shape index (κ2) is 6.38. The molecule has 0 saturated carbocycles. The minimum atomic E-state index is -1.95. The molecule has 1 unspecified atom stereocenters. The van der Waals surface area contributed by atoms with Crippen LogP contribution in [0, 0.1) is 6.57 Å². The van der Waals surface area contributed by atoms with E-state index in [0.717, 1.165) is 5.39 Å². The molecular formula is C17H23N3O3Si. The van der Waals surface area contributed by atoms with Crippen molar-refractivity contribution in [2.45, 2.75) is 52.2 Å². The lowest BCUT2D eigenvalue weighted by molar-refractivity contribution is 0.0521. The van der Waals surface area contributed by atoms with Crippen LogP contribution in [0.4, 0.5) is 4.79 Å². The third-order valence-electron chi connectivity index (χ3n) is 3.00. The second-order valence-electron chi connectivity index (χ2n) is 7.51. The Bertz CT molecular complexity index is 794. The maximum Gasteiger partial charge on any atom is 0.435 e. The van der Waals surface area contributed by atoms with Gasteiger partial charge in [-0.05, 0) is 46.5 Å². The van der Waals surface area contributed by atoms with E-state index in [-0.39, 0.29) is 0 Å². The molecule has 1 aromatic heterocycles. The number of fused-ring (bicyclic) bond motifs is 1. The van der Waals surface area contributed by atoms with Gasteiger partial charge in [0.15, 0.2) is 14.0 Å². The molecule has 0 spiro atoms. The first-order valence-corrected chi connectivity index (χ1v) is 11.2. The molecule has 1 heterocycles. The van der Waals surface area contributed by atoms with Gasteiger partial charge >= 0.3 is 12.3 Å². The third kappa shape index (κ3) is 4.22. The maximum atomic E-state index is 12.5. The zero-order valence-electron chi connectivity index (χ0n) is 15.0. The van der Waals surface area contributed by atoms with Crippen LogP contribution < -0.4 is 0 Å². The first-order valence-electron chi connectivity index (χ1n) is 7.77. The van der Waals surface area contributed by atoms with Crippen LogP contribution >= 0.6 is 0 Å². The molecule has 0 N–H and O–H groups in total. The fourth-order valence-electron chi connectivity index (χ4n) is 2.20. The van der Waals surface area contributed by atoms with Crippen molar-refractivity contribution in [3.8, 4) is 0 Å². The summed E-state index contributed by atoms with van der Waals surface area (Å²) in [4.78, 5) is 16.0. The van der Waals surface area contributed by atoms with Crippen LogP contribution in [-0.4, -0.2) is 29.8 Å². The quantitative estimate of drug-likeness (QED) is 0.603. The van der Waals surface area contributed by atoms with Crippen LogP contribution in [0.25, 0.3) is 15.7 Å². The number of hydrogen-bond acceptors (Lipinski definition) is 4. The van der Waals surface area contributed by atoms with Gasteiger partial charge in [0, 0.05) is 5.39 Å². The van der Waals surface area contributed by atoms with Crippen molar-refractivity contribution in [3.63, 3.8) is 0 Å². The summed E-state index contributed by atoms with van der Waals surface area (Å²) in [5.74, 6) is 0. The molecule has 0 amide bonds. The van der Waals surface area contributed by atoms with Gasteiger partial charge in [0.2, 0.25) is 0 Å². The van der Waals surface area contributed by atoms with Gasteiger partial charge in [-0.3, -0.25) is 4.85 Å². The Balaban J connectivity index is 2.53. The van der Waals surface area contributed by atoms with E-state index < -0.39 is 26.2 Å². The molecule has 1 atom stereocenters. The van der Waals surface area contributed by atoms with E-state index in [1.165, 1.54) is 4.68 Å². The van der Waals surface area contributed by atoms with Gasteiger partial charge in [-0.15, -0.1) is 0 Å². The highest BCUT2D eigenvalue weighted by Gasteiger charge is 2.32. The van der Waals surface area contributed by atoms with E-state index >= 15 is 0 Å². The molecule has 1 aromatic carbocycles. The molecule has 0 aliphatic heterocycles. The Kier molecular flexibility index (Phi) is 4.83. The van der Waals surface area contributed by atoms with E-state index in [0.29, 0.717) is 11.2 Å². The largest absolute Gasteiger partial charge is 0.442 e. The first kappa shape index (κ1) is 18.2. The molecule has 0 aliphatic rings. The monoisotopic (exact) mass is 345 g/mol. The molecule has 0 aliphatic carbocycles. The van der Waals surface area contributed by atoms with Crippen molar-refractivity contribution in [2.75, 3.05) is 0 Å². The first-order chi connectivity index (χ1) is 11.0. The molecule has 0 saturated heterocycles. The van der Waals surface area contributed by atoms with Crippen molar-refractivity contribution in [1.82, 2.24) is 9.78 Å². The Labute approximate surface area is 143 Å². The minimum absolute atomic E-state index is 0.453. The topological polar surface area (TPSA) is 57.7 Å². The normalized spacial score (nSPS) is 13.5. The third-order valence-corrected chi connectivity index (χ3v) is 3.93. The SMILES string of the molecule is [C-]#[N+]C(O[Si](C)(C)C)c1nn(C(=O)OC(C)(C)C)c2ccccc12. The van der Waals surface area contributed by atoms with Crippen molar-refractivity contribution in [3.05, 3.63) is 41.4 Å². The summed E-state index contributed by atoms with van der Waals surface area (Å²) in [7, 11) is -1.95. The molecule has 7 heteroatoms. The van der Waals surface area contributed by atoms with Gasteiger partial charge in [-0.25, -0.2) is 11.4 Å². The number of aromatic nitrogens is 2. The number of carbonyl (C=O) groups is 1. The number of hydrogen-bond donors (Lipinski definition) is 0. The van der Waals surface area contributed by atoms with Gasteiger partial charge in [0.25, 0.3) is 0 Å². The van der Waals surface area contributed by atoms with Crippen LogP contribution in [0.3, 0.4) is 0 Å². The molecule has 24 heavy (non-hydrogen) atoms. The summed E-state index contributed by atoms with van der Waals surface area (Å²) in [6.07, 6.45) is -1.40. The Morgan fingerprint density at radius 2 is 1.92 bits per heavy atom. The van der Waals surface area contributed by atoms with Crippen LogP contribution in [0.2, 0.25) is 19.6 Å². The summed E-state index contributed by atoms with van der Waals surface area (Å²) in [5.41, 5.74) is 0.432. The zero-order chi connectivity index (χ0) is 18.1. The summed E-state index contributed by atoms with van der Waals surface area (Å²) in [6.45, 7) is 18.9. The van der Waals surface area contributed by atoms with E-state index in [4.69, 9.17) is 15.7 Å². The molecule has 0 radical (unpaired) electrons. The zero-order valence-corrected chi connectivity index (χ0v) is 16.0. The fourth-order valence-corrected chi connectivity index (χ4v) is 3.03. The summed E-state index contributed by atoms with van der Waals surface area (Å²) < 4.78 is 12.6. The number of ether oxygens (including phenoxy) is 1. The van der Waals surface area contributed by atoms with Gasteiger partial charge in [0.1, 0.15) is 5.60 Å². The number of para-hydroxylation sites is 1. The average molecular weight is 345 g/mol. The molecule has 2 rings (SSSR count). The van der Waals surface area contributed by atoms with Gasteiger partial charge in [-0.2, -0.15) is 9.78 Å². The predicted octanol–water partition coefficient (Wildman–Crippen LogP) is 4.59. The van der Waals surface area contributed by atoms with Crippen LogP contribution in [0.15, 0.2) is 24.3 Å². The molecule has 0 fully saturated rings. The number of rotatable bonds is 3. The molecule has 6 nitrogen and oxygen atoms in total. The maximum absolute atomic E-state index is 12.5. The molecule has 2 aromatic rings. The Morgan fingerprint density at radius 3 is 2.46 bits per heavy atom. The highest BCUT2D eigenvalue weighted by molar-refractivity contribution is 6.69. The highest BCUT2D eigenvalue weighted by Crippen LogP contribution is 2.30. The summed E-state index contributed by atoms with van der Waals surface area (Å²) >= 11 is 0. The van der Waals surface area contributed by atoms with E-state index in [2.05, 4.69) is 9.94 Å². The minimum Gasteiger partial charge on any atom is -0.442 e. The Morgan fingerprint density at radius 1 is 1.29 bits per heavy atom. The van der Waals surface area contributed by atoms with Crippen molar-refractivity contribution < 1.29 is 14.0 Å². The summed E-state index contributed by atoms with van der Waals surface area (Å²) in [6, 6.07) is 7.29. The molecule has 128 valence electrons. The van der Waals surface area contributed by atoms with Crippen LogP contribution in [-0.2, 0) is 9.16 Å². The van der Waals surface area contributed by atoms with E-state index in [1.807, 2.05) is 37.8 Å². The van der Waals surface area contributed by atoms with Crippen molar-refractivity contribution in [1.29, 1.82) is 0 Å². The van der Waals surface area contributed by atoms with Gasteiger partial charge in [0.05, 0.1) is 5.52 Å². The average Bonchev–Trinajstić information content (AvgIpc) is 2.81. The van der Waals surface area contributed by atoms with E-state index in [1.54, 1.807) is 26.8 Å². The van der Waals surface area contributed by atoms with Crippen molar-refractivity contribution >= 4 is 25.3 Å². The summed E-state index contributed by atoms with van der Waals surface area (Å²) in [5, 5.41) is 5.08. The van der Waals surface area contributed by atoms with Crippen LogP contribution in [0.1, 0.15) is 32.7 Å². The number of carbonyl (C=O) groups excluding carboxylic acids is 1. The fraction of sp³-hybridized carbons (Fsp3) is 0.471. The second-order valence-corrected chi connectivity index (χ2v) is 12.0. The lowest BCUT2D eigenvalue weighted by Gasteiger charge is -2.19. The molecular weight excluding hydrogens is 322 g/mol. The smallest absolute Gasteiger partial charge is 0.435 e. The van der Waals surface area contributed by atoms with Gasteiger partial charge in [-0.1, -0.05) is 18.2 Å². The predicted molar refractivity (Wildman–Crippen MR) is 95.1 cm³/mol. The number of benzene rings is 1. The van der Waals surface area contributed by atoms with Gasteiger partial charge < -0.3 is 9.16 Å². The lowest BCUT2D eigenvalue weighted by atomic mass is 10.2. The standard InChI is InChI=1S/C17H23N3O3Si/c1-17(2,3)22-16(21)20-13-11-9-8-10-12(13)14(19-20)15(18-4)23-24(5,6)7/h8-11,15H,1-3,5-7H3. The lowest BCUT2D eigenvalue weighted by Crippen LogP contribution is -2.28. The Hall–Kier alpha value is -2.17. The highest BCUT2D eigenvalue weighted by atomic mass is 28.4. The van der Waals surface area contributed by atoms with Crippen LogP contribution in [0.5, 0.6) is 0 Å². The van der Waals surface area contributed by atoms with Crippen molar-refractivity contribution in [2.24, 2.45) is 0 Å².